The van der Waals surface area contributed by atoms with E-state index in [2.05, 4.69) is 10.3 Å². The molecule has 0 aromatic carbocycles. The number of hydrogen-bond acceptors (Lipinski definition) is 6. The molecule has 1 atom stereocenters. The molecule has 3 heterocycles. The molecule has 1 aliphatic rings. The van der Waals surface area contributed by atoms with Crippen LogP contribution in [0.2, 0.25) is 0 Å². The van der Waals surface area contributed by atoms with Crippen molar-refractivity contribution in [3.63, 3.8) is 0 Å². The summed E-state index contributed by atoms with van der Waals surface area (Å²) < 4.78 is 38.4. The fraction of sp³-hybridized carbons (Fsp3) is 0.500. The highest BCUT2D eigenvalue weighted by molar-refractivity contribution is 7.89. The van der Waals surface area contributed by atoms with Gasteiger partial charge in [0.15, 0.2) is 0 Å². The van der Waals surface area contributed by atoms with E-state index in [0.717, 1.165) is 0 Å². The predicted molar refractivity (Wildman–Crippen MR) is 108 cm³/mol. The molecular weight excluding hydrogens is 410 g/mol. The first kappa shape index (κ1) is 22.1. The minimum Gasteiger partial charge on any atom is -0.467 e. The van der Waals surface area contributed by atoms with Crippen LogP contribution in [0.25, 0.3) is 0 Å². The fourth-order valence-electron chi connectivity index (χ4n) is 3.77. The van der Waals surface area contributed by atoms with E-state index in [1.807, 2.05) is 0 Å². The summed E-state index contributed by atoms with van der Waals surface area (Å²) in [5.74, 6) is -0.752. The summed E-state index contributed by atoms with van der Waals surface area (Å²) >= 11 is 0. The highest BCUT2D eigenvalue weighted by atomic mass is 32.2. The number of carbonyl (C=O) groups excluding carboxylic acids is 2. The third-order valence-electron chi connectivity index (χ3n) is 5.17. The Morgan fingerprint density at radius 1 is 1.33 bits per heavy atom. The van der Waals surface area contributed by atoms with Gasteiger partial charge in [0.25, 0.3) is 0 Å². The molecule has 164 valence electrons. The van der Waals surface area contributed by atoms with Crippen LogP contribution in [-0.2, 0) is 26.1 Å². The standard InChI is InChI=1S/C20H27N3O6S/c1-4-28-20(25)17-13(2)22-14(3)18(17)30(26,27)23-9-5-7-15(12-23)19(24)21-11-16-8-6-10-29-16/h6,8,10,15,22H,4-5,7,9,11-12H2,1-3H3,(H,21,24)/t15-/m1/s1. The number of furan rings is 1. The zero-order valence-corrected chi connectivity index (χ0v) is 18.2. The molecule has 2 N–H and O–H groups in total. The summed E-state index contributed by atoms with van der Waals surface area (Å²) in [6, 6.07) is 3.49. The first-order chi connectivity index (χ1) is 14.3. The van der Waals surface area contributed by atoms with Gasteiger partial charge in [0.05, 0.1) is 25.3 Å². The maximum Gasteiger partial charge on any atom is 0.341 e. The Morgan fingerprint density at radius 2 is 2.10 bits per heavy atom. The molecule has 0 bridgehead atoms. The zero-order valence-electron chi connectivity index (χ0n) is 17.4. The molecule has 10 heteroatoms. The summed E-state index contributed by atoms with van der Waals surface area (Å²) in [5.41, 5.74) is 0.841. The van der Waals surface area contributed by atoms with E-state index in [4.69, 9.17) is 9.15 Å². The highest BCUT2D eigenvalue weighted by Crippen LogP contribution is 2.30. The molecule has 1 saturated heterocycles. The van der Waals surface area contributed by atoms with Crippen LogP contribution in [0.15, 0.2) is 27.7 Å². The summed E-state index contributed by atoms with van der Waals surface area (Å²) in [4.78, 5) is 27.8. The minimum atomic E-state index is -3.99. The normalized spacial score (nSPS) is 17.6. The van der Waals surface area contributed by atoms with E-state index in [1.165, 1.54) is 10.6 Å². The van der Waals surface area contributed by atoms with Crippen molar-refractivity contribution >= 4 is 21.9 Å². The molecule has 1 aliphatic heterocycles. The van der Waals surface area contributed by atoms with Gasteiger partial charge in [0.2, 0.25) is 15.9 Å². The minimum absolute atomic E-state index is 0.0266. The summed E-state index contributed by atoms with van der Waals surface area (Å²) in [5, 5.41) is 2.79. The van der Waals surface area contributed by atoms with Crippen molar-refractivity contribution in [3.8, 4) is 0 Å². The molecule has 0 aliphatic carbocycles. The number of aromatic amines is 1. The number of nitrogens with one attached hydrogen (secondary N) is 2. The van der Waals surface area contributed by atoms with Crippen LogP contribution in [0.4, 0.5) is 0 Å². The average molecular weight is 438 g/mol. The van der Waals surface area contributed by atoms with Crippen LogP contribution < -0.4 is 5.32 Å². The molecule has 0 spiro atoms. The third kappa shape index (κ3) is 4.44. The Morgan fingerprint density at radius 3 is 2.77 bits per heavy atom. The first-order valence-corrected chi connectivity index (χ1v) is 11.4. The maximum absolute atomic E-state index is 13.4. The maximum atomic E-state index is 13.4. The molecule has 2 aromatic heterocycles. The smallest absolute Gasteiger partial charge is 0.341 e. The third-order valence-corrected chi connectivity index (χ3v) is 7.20. The molecule has 0 unspecified atom stereocenters. The number of aryl methyl sites for hydroxylation is 2. The second kappa shape index (κ2) is 9.05. The van der Waals surface area contributed by atoms with Crippen LogP contribution in [-0.4, -0.2) is 49.3 Å². The summed E-state index contributed by atoms with van der Waals surface area (Å²) in [6.07, 6.45) is 2.67. The van der Waals surface area contributed by atoms with Gasteiger partial charge in [-0.05, 0) is 45.7 Å². The highest BCUT2D eigenvalue weighted by Gasteiger charge is 2.38. The van der Waals surface area contributed by atoms with Crippen LogP contribution in [0.1, 0.15) is 47.3 Å². The number of hydrogen-bond donors (Lipinski definition) is 2. The Hall–Kier alpha value is -2.59. The number of H-pyrrole nitrogens is 1. The van der Waals surface area contributed by atoms with Crippen LogP contribution in [0.3, 0.4) is 0 Å². The molecule has 3 rings (SSSR count). The van der Waals surface area contributed by atoms with Crippen molar-refractivity contribution in [1.82, 2.24) is 14.6 Å². The van der Waals surface area contributed by atoms with Gasteiger partial charge in [-0.25, -0.2) is 13.2 Å². The lowest BCUT2D eigenvalue weighted by Crippen LogP contribution is -2.45. The topological polar surface area (TPSA) is 122 Å². The van der Waals surface area contributed by atoms with E-state index < -0.39 is 21.9 Å². The summed E-state index contributed by atoms with van der Waals surface area (Å²) in [7, 11) is -3.99. The molecule has 2 aromatic rings. The number of nitrogens with zero attached hydrogens (tertiary/aromatic N) is 1. The number of carbonyl (C=O) groups is 2. The number of piperidine rings is 1. The van der Waals surface area contributed by atoms with E-state index in [-0.39, 0.29) is 42.6 Å². The van der Waals surface area contributed by atoms with Gasteiger partial charge in [-0.15, -0.1) is 0 Å². The Balaban J connectivity index is 1.79. The van der Waals surface area contributed by atoms with Crippen molar-refractivity contribution in [2.45, 2.75) is 45.1 Å². The van der Waals surface area contributed by atoms with Gasteiger partial charge in [0.1, 0.15) is 16.2 Å². The Labute approximate surface area is 175 Å². The Bertz CT molecular complexity index is 1010. The molecular formula is C20H27N3O6S. The van der Waals surface area contributed by atoms with E-state index in [9.17, 15) is 18.0 Å². The fourth-order valence-corrected chi connectivity index (χ4v) is 5.70. The van der Waals surface area contributed by atoms with Gasteiger partial charge in [-0.3, -0.25) is 4.79 Å². The predicted octanol–water partition coefficient (Wildman–Crippen LogP) is 2.12. The Kier molecular flexibility index (Phi) is 6.67. The van der Waals surface area contributed by atoms with Crippen LogP contribution >= 0.6 is 0 Å². The molecule has 1 amide bonds. The zero-order chi connectivity index (χ0) is 21.9. The van der Waals surface area contributed by atoms with Crippen molar-refractivity contribution in [2.24, 2.45) is 5.92 Å². The van der Waals surface area contributed by atoms with Crippen molar-refractivity contribution in [2.75, 3.05) is 19.7 Å². The van der Waals surface area contributed by atoms with Crippen molar-refractivity contribution < 1.29 is 27.2 Å². The molecule has 0 saturated carbocycles. The number of sulfonamides is 1. The average Bonchev–Trinajstić information content (AvgIpc) is 3.33. The van der Waals surface area contributed by atoms with Gasteiger partial charge < -0.3 is 19.5 Å². The van der Waals surface area contributed by atoms with Gasteiger partial charge in [0, 0.05) is 24.5 Å². The van der Waals surface area contributed by atoms with Crippen molar-refractivity contribution in [1.29, 1.82) is 0 Å². The first-order valence-electron chi connectivity index (χ1n) is 9.92. The number of aromatic nitrogens is 1. The van der Waals surface area contributed by atoms with E-state index in [1.54, 1.807) is 32.9 Å². The second-order valence-electron chi connectivity index (χ2n) is 7.30. The lowest BCUT2D eigenvalue weighted by molar-refractivity contribution is -0.126. The number of esters is 1. The van der Waals surface area contributed by atoms with E-state index in [0.29, 0.717) is 30.0 Å². The largest absolute Gasteiger partial charge is 0.467 e. The number of rotatable bonds is 7. The van der Waals surface area contributed by atoms with E-state index >= 15 is 0 Å². The lowest BCUT2D eigenvalue weighted by Gasteiger charge is -2.31. The molecule has 9 nitrogen and oxygen atoms in total. The SMILES string of the molecule is CCOC(=O)c1c(C)[nH]c(C)c1S(=O)(=O)N1CCC[C@@H](C(=O)NCc2ccco2)C1. The van der Waals surface area contributed by atoms with Crippen molar-refractivity contribution in [3.05, 3.63) is 41.1 Å². The van der Waals surface area contributed by atoms with Crippen LogP contribution in [0.5, 0.6) is 0 Å². The summed E-state index contributed by atoms with van der Waals surface area (Å²) in [6.45, 7) is 5.65. The number of amides is 1. The van der Waals surface area contributed by atoms with Crippen LogP contribution in [0, 0.1) is 19.8 Å². The van der Waals surface area contributed by atoms with Gasteiger partial charge in [-0.1, -0.05) is 0 Å². The monoisotopic (exact) mass is 437 g/mol. The molecule has 1 fully saturated rings. The second-order valence-corrected chi connectivity index (χ2v) is 9.17. The van der Waals surface area contributed by atoms with Gasteiger partial charge >= 0.3 is 5.97 Å². The molecule has 30 heavy (non-hydrogen) atoms. The quantitative estimate of drug-likeness (QED) is 0.640. The lowest BCUT2D eigenvalue weighted by atomic mass is 9.99. The number of ether oxygens (including phenoxy) is 1. The molecule has 0 radical (unpaired) electrons. The van der Waals surface area contributed by atoms with Gasteiger partial charge in [-0.2, -0.15) is 4.31 Å².